The van der Waals surface area contributed by atoms with Gasteiger partial charge in [-0.25, -0.2) is 8.42 Å². The Morgan fingerprint density at radius 1 is 1.42 bits per heavy atom. The van der Waals surface area contributed by atoms with Gasteiger partial charge in [0.1, 0.15) is 5.75 Å². The predicted octanol–water partition coefficient (Wildman–Crippen LogP) is 1.72. The van der Waals surface area contributed by atoms with Gasteiger partial charge in [0.25, 0.3) is 0 Å². The van der Waals surface area contributed by atoms with Crippen molar-refractivity contribution in [2.45, 2.75) is 4.90 Å². The number of rotatable bonds is 6. The Labute approximate surface area is 128 Å². The first-order valence-electron chi connectivity index (χ1n) is 5.38. The van der Waals surface area contributed by atoms with Crippen molar-refractivity contribution in [2.24, 2.45) is 0 Å². The normalized spacial score (nSPS) is 11.2. The van der Waals surface area contributed by atoms with Gasteiger partial charge in [0.15, 0.2) is 0 Å². The average Bonchev–Trinajstić information content (AvgIpc) is 2.35. The van der Waals surface area contributed by atoms with Crippen LogP contribution in [0.3, 0.4) is 0 Å². The zero-order chi connectivity index (χ0) is 13.8. The van der Waals surface area contributed by atoms with E-state index in [0.29, 0.717) is 23.3 Å². The first-order valence-corrected chi connectivity index (χ1v) is 7.61. The highest BCUT2D eigenvalue weighted by molar-refractivity contribution is 9.10. The molecule has 0 bridgehead atoms. The van der Waals surface area contributed by atoms with Gasteiger partial charge < -0.3 is 10.1 Å². The number of sulfonamides is 1. The summed E-state index contributed by atoms with van der Waals surface area (Å²) in [6.07, 6.45) is 0. The fourth-order valence-electron chi connectivity index (χ4n) is 1.38. The zero-order valence-electron chi connectivity index (χ0n) is 11.0. The minimum absolute atomic E-state index is 0. The molecule has 0 fully saturated rings. The van der Waals surface area contributed by atoms with Crippen LogP contribution in [-0.4, -0.2) is 47.0 Å². The summed E-state index contributed by atoms with van der Waals surface area (Å²) in [5.74, 6) is 0.604. The second kappa shape index (κ2) is 8.06. The largest absolute Gasteiger partial charge is 0.496 e. The van der Waals surface area contributed by atoms with Crippen LogP contribution in [0.5, 0.6) is 5.75 Å². The van der Waals surface area contributed by atoms with Crippen LogP contribution in [0.25, 0.3) is 0 Å². The number of halogens is 2. The highest BCUT2D eigenvalue weighted by Gasteiger charge is 2.21. The van der Waals surface area contributed by atoms with Gasteiger partial charge in [-0.15, -0.1) is 12.4 Å². The third kappa shape index (κ3) is 4.61. The van der Waals surface area contributed by atoms with Crippen molar-refractivity contribution in [2.75, 3.05) is 34.3 Å². The minimum Gasteiger partial charge on any atom is -0.496 e. The summed E-state index contributed by atoms with van der Waals surface area (Å²) in [5, 5.41) is 2.92. The van der Waals surface area contributed by atoms with E-state index in [1.54, 1.807) is 26.2 Å². The van der Waals surface area contributed by atoms with Crippen LogP contribution in [0.2, 0.25) is 0 Å². The molecule has 0 saturated carbocycles. The van der Waals surface area contributed by atoms with Crippen molar-refractivity contribution in [3.8, 4) is 5.75 Å². The number of benzene rings is 1. The van der Waals surface area contributed by atoms with Gasteiger partial charge >= 0.3 is 0 Å². The second-order valence-corrected chi connectivity index (χ2v) is 6.63. The number of likely N-dealkylation sites (N-methyl/N-ethyl adjacent to an activating group) is 2. The fraction of sp³-hybridized carbons (Fsp3) is 0.455. The van der Waals surface area contributed by atoms with Crippen molar-refractivity contribution in [3.63, 3.8) is 0 Å². The lowest BCUT2D eigenvalue weighted by atomic mass is 10.3. The maximum atomic E-state index is 12.2. The lowest BCUT2D eigenvalue weighted by Crippen LogP contribution is -2.32. The van der Waals surface area contributed by atoms with E-state index in [1.807, 2.05) is 0 Å². The van der Waals surface area contributed by atoms with Gasteiger partial charge in [-0.1, -0.05) is 0 Å². The summed E-state index contributed by atoms with van der Waals surface area (Å²) in [6, 6.07) is 4.71. The first-order chi connectivity index (χ1) is 8.43. The number of hydrogen-bond acceptors (Lipinski definition) is 4. The molecule has 0 aliphatic rings. The molecule has 0 heterocycles. The maximum absolute atomic E-state index is 12.2. The molecule has 0 aliphatic carbocycles. The monoisotopic (exact) mass is 372 g/mol. The summed E-state index contributed by atoms with van der Waals surface area (Å²) in [4.78, 5) is 0.244. The molecule has 1 rings (SSSR count). The van der Waals surface area contributed by atoms with Crippen molar-refractivity contribution >= 4 is 38.4 Å². The molecule has 0 spiro atoms. The molecule has 5 nitrogen and oxygen atoms in total. The molecule has 8 heteroatoms. The standard InChI is InChI=1S/C11H17BrN2O3S.ClH/c1-13-6-7-14(2)18(15,16)9-4-5-11(17-3)10(12)8-9;/h4-5,8,13H,6-7H2,1-3H3;1H. The van der Waals surface area contributed by atoms with Crippen LogP contribution in [0.1, 0.15) is 0 Å². The number of hydrogen-bond donors (Lipinski definition) is 1. The number of nitrogens with zero attached hydrogens (tertiary/aromatic N) is 1. The Morgan fingerprint density at radius 2 is 2.05 bits per heavy atom. The fourth-order valence-corrected chi connectivity index (χ4v) is 3.27. The Morgan fingerprint density at radius 3 is 2.53 bits per heavy atom. The van der Waals surface area contributed by atoms with Crippen LogP contribution in [0.4, 0.5) is 0 Å². The molecule has 0 saturated heterocycles. The first kappa shape index (κ1) is 18.7. The van der Waals surface area contributed by atoms with E-state index in [9.17, 15) is 8.42 Å². The SMILES string of the molecule is CNCCN(C)S(=O)(=O)c1ccc(OC)c(Br)c1.Cl. The quantitative estimate of drug-likeness (QED) is 0.825. The molecular formula is C11H18BrClN2O3S. The van der Waals surface area contributed by atoms with E-state index < -0.39 is 10.0 Å². The van der Waals surface area contributed by atoms with Gasteiger partial charge in [0, 0.05) is 20.1 Å². The number of ether oxygens (including phenoxy) is 1. The minimum atomic E-state index is -3.45. The third-order valence-corrected chi connectivity index (χ3v) is 4.98. The van der Waals surface area contributed by atoms with Crippen LogP contribution in [0, 0.1) is 0 Å². The van der Waals surface area contributed by atoms with E-state index >= 15 is 0 Å². The summed E-state index contributed by atoms with van der Waals surface area (Å²) in [6.45, 7) is 1.02. The van der Waals surface area contributed by atoms with Gasteiger partial charge in [-0.3, -0.25) is 0 Å². The third-order valence-electron chi connectivity index (χ3n) is 2.51. The molecule has 0 amide bonds. The highest BCUT2D eigenvalue weighted by Crippen LogP contribution is 2.28. The smallest absolute Gasteiger partial charge is 0.242 e. The molecule has 0 aliphatic heterocycles. The topological polar surface area (TPSA) is 58.6 Å². The van der Waals surface area contributed by atoms with Crippen molar-refractivity contribution in [1.29, 1.82) is 0 Å². The molecule has 1 N–H and O–H groups in total. The Bertz CT molecular complexity index is 511. The van der Waals surface area contributed by atoms with Crippen LogP contribution < -0.4 is 10.1 Å². The molecule has 1 aromatic rings. The van der Waals surface area contributed by atoms with E-state index in [2.05, 4.69) is 21.2 Å². The van der Waals surface area contributed by atoms with Gasteiger partial charge in [-0.2, -0.15) is 4.31 Å². The van der Waals surface area contributed by atoms with E-state index in [-0.39, 0.29) is 17.3 Å². The summed E-state index contributed by atoms with van der Waals surface area (Å²) in [5.41, 5.74) is 0. The molecule has 110 valence electrons. The van der Waals surface area contributed by atoms with Gasteiger partial charge in [0.2, 0.25) is 10.0 Å². The molecule has 0 atom stereocenters. The lowest BCUT2D eigenvalue weighted by Gasteiger charge is -2.17. The number of nitrogens with one attached hydrogen (secondary N) is 1. The van der Waals surface area contributed by atoms with Crippen molar-refractivity contribution in [1.82, 2.24) is 9.62 Å². The Hall–Kier alpha value is -0.340. The Kier molecular flexibility index (Phi) is 7.92. The molecule has 19 heavy (non-hydrogen) atoms. The lowest BCUT2D eigenvalue weighted by molar-refractivity contribution is 0.411. The number of methoxy groups -OCH3 is 1. The highest BCUT2D eigenvalue weighted by atomic mass is 79.9. The van der Waals surface area contributed by atoms with Crippen molar-refractivity contribution < 1.29 is 13.2 Å². The van der Waals surface area contributed by atoms with E-state index in [0.717, 1.165) is 0 Å². The molecule has 0 radical (unpaired) electrons. The zero-order valence-corrected chi connectivity index (χ0v) is 14.2. The summed E-state index contributed by atoms with van der Waals surface area (Å²) < 4.78 is 31.5. The van der Waals surface area contributed by atoms with E-state index in [4.69, 9.17) is 4.74 Å². The van der Waals surface area contributed by atoms with Crippen LogP contribution in [-0.2, 0) is 10.0 Å². The van der Waals surface area contributed by atoms with Gasteiger partial charge in [-0.05, 0) is 41.2 Å². The average molecular weight is 374 g/mol. The maximum Gasteiger partial charge on any atom is 0.242 e. The molecule has 1 aromatic carbocycles. The van der Waals surface area contributed by atoms with Gasteiger partial charge in [0.05, 0.1) is 16.5 Å². The van der Waals surface area contributed by atoms with Crippen LogP contribution in [0.15, 0.2) is 27.6 Å². The summed E-state index contributed by atoms with van der Waals surface area (Å²) in [7, 11) is 1.43. The van der Waals surface area contributed by atoms with Crippen LogP contribution >= 0.6 is 28.3 Å². The Balaban J connectivity index is 0.00000324. The molecule has 0 unspecified atom stereocenters. The van der Waals surface area contributed by atoms with E-state index in [1.165, 1.54) is 17.5 Å². The summed E-state index contributed by atoms with van der Waals surface area (Å²) >= 11 is 3.28. The predicted molar refractivity (Wildman–Crippen MR) is 81.7 cm³/mol. The second-order valence-electron chi connectivity index (χ2n) is 3.73. The molecular weight excluding hydrogens is 356 g/mol. The molecule has 0 aromatic heterocycles. The van der Waals surface area contributed by atoms with Crippen molar-refractivity contribution in [3.05, 3.63) is 22.7 Å².